The molecule has 0 N–H and O–H groups in total. The summed E-state index contributed by atoms with van der Waals surface area (Å²) in [6.07, 6.45) is 0. The van der Waals surface area contributed by atoms with Crippen LogP contribution in [-0.4, -0.2) is 5.60 Å². The second-order valence-corrected chi connectivity index (χ2v) is 5.03. The van der Waals surface area contributed by atoms with Gasteiger partial charge in [-0.1, -0.05) is 26.0 Å². The van der Waals surface area contributed by atoms with Crippen LogP contribution in [0.2, 0.25) is 0 Å². The minimum atomic E-state index is -0.365. The van der Waals surface area contributed by atoms with Gasteiger partial charge < -0.3 is 4.74 Å². The molecule has 1 aromatic rings. The summed E-state index contributed by atoms with van der Waals surface area (Å²) in [4.78, 5) is 0. The standard InChI is InChI=1S/C13H19FO/c1-9(2)10-7-6-8-11(12(10)14)15-13(3,4)5/h6-9H,1-5H3. The van der Waals surface area contributed by atoms with Gasteiger partial charge in [-0.3, -0.25) is 0 Å². The van der Waals surface area contributed by atoms with Gasteiger partial charge in [0.2, 0.25) is 0 Å². The van der Waals surface area contributed by atoms with Gasteiger partial charge in [-0.05, 0) is 38.3 Å². The third-order valence-electron chi connectivity index (χ3n) is 2.03. The smallest absolute Gasteiger partial charge is 0.168 e. The summed E-state index contributed by atoms with van der Waals surface area (Å²) in [6, 6.07) is 5.31. The minimum absolute atomic E-state index is 0.175. The Bertz CT molecular complexity index is 337. The lowest BCUT2D eigenvalue weighted by atomic mass is 10.0. The molecule has 0 aliphatic heterocycles. The van der Waals surface area contributed by atoms with Gasteiger partial charge in [-0.15, -0.1) is 0 Å². The lowest BCUT2D eigenvalue weighted by Crippen LogP contribution is -2.23. The van der Waals surface area contributed by atoms with Crippen molar-refractivity contribution in [1.82, 2.24) is 0 Å². The van der Waals surface area contributed by atoms with Gasteiger partial charge in [0, 0.05) is 0 Å². The van der Waals surface area contributed by atoms with E-state index in [0.29, 0.717) is 11.3 Å². The largest absolute Gasteiger partial charge is 0.485 e. The summed E-state index contributed by atoms with van der Waals surface area (Å²) in [7, 11) is 0. The van der Waals surface area contributed by atoms with Crippen LogP contribution in [-0.2, 0) is 0 Å². The number of hydrogen-bond donors (Lipinski definition) is 0. The van der Waals surface area contributed by atoms with Crippen molar-refractivity contribution < 1.29 is 9.13 Å². The number of ether oxygens (including phenoxy) is 1. The molecule has 2 heteroatoms. The van der Waals surface area contributed by atoms with Crippen molar-refractivity contribution in [3.05, 3.63) is 29.6 Å². The van der Waals surface area contributed by atoms with E-state index >= 15 is 0 Å². The normalized spacial score (nSPS) is 11.9. The van der Waals surface area contributed by atoms with Crippen molar-refractivity contribution in [2.24, 2.45) is 0 Å². The van der Waals surface area contributed by atoms with Gasteiger partial charge in [-0.2, -0.15) is 0 Å². The molecule has 0 spiro atoms. The molecular weight excluding hydrogens is 191 g/mol. The first-order chi connectivity index (χ1) is 6.81. The van der Waals surface area contributed by atoms with Gasteiger partial charge in [0.15, 0.2) is 11.6 Å². The average Bonchev–Trinajstić information content (AvgIpc) is 2.05. The predicted octanol–water partition coefficient (Wildman–Crippen LogP) is 4.13. The van der Waals surface area contributed by atoms with Crippen molar-refractivity contribution in [3.63, 3.8) is 0 Å². The van der Waals surface area contributed by atoms with Crippen LogP contribution in [0.3, 0.4) is 0 Å². The summed E-state index contributed by atoms with van der Waals surface area (Å²) in [5.41, 5.74) is 0.341. The van der Waals surface area contributed by atoms with Gasteiger partial charge in [-0.25, -0.2) is 4.39 Å². The minimum Gasteiger partial charge on any atom is -0.485 e. The number of rotatable bonds is 2. The second kappa shape index (κ2) is 4.21. The Kier molecular flexibility index (Phi) is 3.38. The molecule has 1 aromatic carbocycles. The predicted molar refractivity (Wildman–Crippen MR) is 60.9 cm³/mol. The van der Waals surface area contributed by atoms with Crippen LogP contribution in [0.15, 0.2) is 18.2 Å². The van der Waals surface area contributed by atoms with E-state index in [1.807, 2.05) is 40.7 Å². The van der Waals surface area contributed by atoms with Crippen molar-refractivity contribution >= 4 is 0 Å². The van der Waals surface area contributed by atoms with Crippen molar-refractivity contribution in [2.75, 3.05) is 0 Å². The van der Waals surface area contributed by atoms with E-state index < -0.39 is 0 Å². The molecule has 0 aliphatic rings. The van der Waals surface area contributed by atoms with E-state index in [9.17, 15) is 4.39 Å². The Morgan fingerprint density at radius 3 is 2.27 bits per heavy atom. The van der Waals surface area contributed by atoms with Crippen LogP contribution < -0.4 is 4.74 Å². The van der Waals surface area contributed by atoms with Gasteiger partial charge >= 0.3 is 0 Å². The Labute approximate surface area is 91.3 Å². The Morgan fingerprint density at radius 2 is 1.80 bits per heavy atom. The Morgan fingerprint density at radius 1 is 1.20 bits per heavy atom. The van der Waals surface area contributed by atoms with Crippen LogP contribution in [0.4, 0.5) is 4.39 Å². The molecule has 1 nitrogen and oxygen atoms in total. The fourth-order valence-corrected chi connectivity index (χ4v) is 1.38. The molecular formula is C13H19FO. The quantitative estimate of drug-likeness (QED) is 0.713. The van der Waals surface area contributed by atoms with Gasteiger partial charge in [0.25, 0.3) is 0 Å². The first-order valence-corrected chi connectivity index (χ1v) is 5.28. The highest BCUT2D eigenvalue weighted by atomic mass is 19.1. The maximum Gasteiger partial charge on any atom is 0.168 e. The Balaban J connectivity index is 3.05. The summed E-state index contributed by atoms with van der Waals surface area (Å²) in [6.45, 7) is 9.68. The third kappa shape index (κ3) is 3.22. The Hall–Kier alpha value is -1.05. The van der Waals surface area contributed by atoms with E-state index in [1.54, 1.807) is 12.1 Å². The fourth-order valence-electron chi connectivity index (χ4n) is 1.38. The summed E-state index contributed by atoms with van der Waals surface area (Å²) in [5.74, 6) is 0.282. The van der Waals surface area contributed by atoms with Crippen LogP contribution in [0.5, 0.6) is 5.75 Å². The highest BCUT2D eigenvalue weighted by molar-refractivity contribution is 5.33. The first kappa shape index (κ1) is 12.0. The molecule has 0 aliphatic carbocycles. The van der Waals surface area contributed by atoms with Crippen LogP contribution >= 0.6 is 0 Å². The highest BCUT2D eigenvalue weighted by Gasteiger charge is 2.17. The monoisotopic (exact) mass is 210 g/mol. The summed E-state index contributed by atoms with van der Waals surface area (Å²) >= 11 is 0. The molecule has 0 bridgehead atoms. The molecule has 0 radical (unpaired) electrons. The topological polar surface area (TPSA) is 9.23 Å². The molecule has 0 saturated heterocycles. The molecule has 84 valence electrons. The van der Waals surface area contributed by atoms with Crippen LogP contribution in [0, 0.1) is 5.82 Å². The van der Waals surface area contributed by atoms with Crippen molar-refractivity contribution in [1.29, 1.82) is 0 Å². The molecule has 0 atom stereocenters. The van der Waals surface area contributed by atoms with Crippen LogP contribution in [0.25, 0.3) is 0 Å². The zero-order valence-electron chi connectivity index (χ0n) is 10.1. The molecule has 0 heterocycles. The average molecular weight is 210 g/mol. The molecule has 15 heavy (non-hydrogen) atoms. The van der Waals surface area contributed by atoms with Gasteiger partial charge in [0.1, 0.15) is 5.60 Å². The molecule has 1 rings (SSSR count). The summed E-state index contributed by atoms with van der Waals surface area (Å²) in [5, 5.41) is 0. The molecule has 0 fully saturated rings. The van der Waals surface area contributed by atoms with Crippen LogP contribution in [0.1, 0.15) is 46.1 Å². The molecule has 0 aromatic heterocycles. The fraction of sp³-hybridized carbons (Fsp3) is 0.538. The number of hydrogen-bond acceptors (Lipinski definition) is 1. The molecule has 0 saturated carbocycles. The van der Waals surface area contributed by atoms with E-state index in [4.69, 9.17) is 4.74 Å². The third-order valence-corrected chi connectivity index (χ3v) is 2.03. The molecule has 0 unspecified atom stereocenters. The second-order valence-electron chi connectivity index (χ2n) is 5.03. The lowest BCUT2D eigenvalue weighted by Gasteiger charge is -2.22. The number of halogens is 1. The zero-order chi connectivity index (χ0) is 11.6. The number of benzene rings is 1. The maximum atomic E-state index is 13.9. The lowest BCUT2D eigenvalue weighted by molar-refractivity contribution is 0.124. The maximum absolute atomic E-state index is 13.9. The summed E-state index contributed by atoms with van der Waals surface area (Å²) < 4.78 is 19.5. The van der Waals surface area contributed by atoms with E-state index in [1.165, 1.54) is 0 Å². The van der Waals surface area contributed by atoms with Crippen molar-refractivity contribution in [3.8, 4) is 5.75 Å². The first-order valence-electron chi connectivity index (χ1n) is 5.28. The van der Waals surface area contributed by atoms with E-state index in [2.05, 4.69) is 0 Å². The van der Waals surface area contributed by atoms with E-state index in [0.717, 1.165) is 0 Å². The zero-order valence-corrected chi connectivity index (χ0v) is 10.1. The van der Waals surface area contributed by atoms with E-state index in [-0.39, 0.29) is 17.3 Å². The van der Waals surface area contributed by atoms with Crippen molar-refractivity contribution in [2.45, 2.75) is 46.1 Å². The SMILES string of the molecule is CC(C)c1cccc(OC(C)(C)C)c1F. The molecule has 0 amide bonds. The highest BCUT2D eigenvalue weighted by Crippen LogP contribution is 2.28. The van der Waals surface area contributed by atoms with Gasteiger partial charge in [0.05, 0.1) is 0 Å².